The first-order valence-electron chi connectivity index (χ1n) is 11.7. The molecule has 0 fully saturated rings. The van der Waals surface area contributed by atoms with E-state index >= 15 is 0 Å². The second-order valence-electron chi connectivity index (χ2n) is 10.0. The Balaban J connectivity index is 1.97. The molecule has 0 saturated heterocycles. The third kappa shape index (κ3) is 4.86. The van der Waals surface area contributed by atoms with Crippen LogP contribution >= 0.6 is 35.8 Å². The lowest BCUT2D eigenvalue weighted by Gasteiger charge is -2.32. The van der Waals surface area contributed by atoms with Crippen molar-refractivity contribution >= 4 is 41.7 Å². The highest BCUT2D eigenvalue weighted by Gasteiger charge is 2.49. The third-order valence-electron chi connectivity index (χ3n) is 6.48. The van der Waals surface area contributed by atoms with E-state index < -0.39 is 11.6 Å². The maximum Gasteiger partial charge on any atom is 0.160 e. The second kappa shape index (κ2) is 10.1. The first kappa shape index (κ1) is 26.5. The van der Waals surface area contributed by atoms with Crippen molar-refractivity contribution in [2.45, 2.75) is 56.5 Å². The molecule has 4 rings (SSSR count). The van der Waals surface area contributed by atoms with E-state index in [-0.39, 0.29) is 5.41 Å². The largest absolute Gasteiger partial charge is 0.493 e. The molecule has 2 unspecified atom stereocenters. The molecule has 5 nitrogen and oxygen atoms in total. The minimum atomic E-state index is -0.857. The Morgan fingerprint density at radius 2 is 1.64 bits per heavy atom. The molecule has 188 valence electrons. The Kier molecular flexibility index (Phi) is 7.42. The van der Waals surface area contributed by atoms with Crippen molar-refractivity contribution in [3.63, 3.8) is 0 Å². The Morgan fingerprint density at radius 3 is 2.17 bits per heavy atom. The SMILES string of the molecule is CCOc1cc(C(C)(C)C)c(S)cc1C1=NC(C)(c2ccc(Cl)cc2)C(c2ccc(Cl)cc2)N1N=O. The van der Waals surface area contributed by atoms with Crippen LogP contribution in [0.4, 0.5) is 0 Å². The molecule has 2 atom stereocenters. The fraction of sp³-hybridized carbons (Fsp3) is 0.321. The van der Waals surface area contributed by atoms with Crippen molar-refractivity contribution in [1.82, 2.24) is 5.01 Å². The minimum Gasteiger partial charge on any atom is -0.493 e. The highest BCUT2D eigenvalue weighted by molar-refractivity contribution is 7.80. The van der Waals surface area contributed by atoms with Gasteiger partial charge in [-0.3, -0.25) is 4.99 Å². The molecule has 8 heteroatoms. The standard InChI is InChI=1S/C28H29Cl2N3O2S/c1-6-35-23-16-22(27(2,3)4)24(36)15-21(23)26-31-28(5,18-9-13-20(30)14-10-18)25(33(26)32-34)17-7-11-19(29)12-8-17/h7-16,25,36H,6H2,1-5H3. The number of nitroso groups, excluding NO2 is 1. The summed E-state index contributed by atoms with van der Waals surface area (Å²) in [6.45, 7) is 10.7. The van der Waals surface area contributed by atoms with Crippen LogP contribution in [-0.4, -0.2) is 17.5 Å². The molecule has 0 aliphatic carbocycles. The molecule has 0 amide bonds. The summed E-state index contributed by atoms with van der Waals surface area (Å²) in [6, 6.07) is 18.3. The summed E-state index contributed by atoms with van der Waals surface area (Å²) in [6.07, 6.45) is 0. The third-order valence-corrected chi connectivity index (χ3v) is 7.36. The van der Waals surface area contributed by atoms with Crippen molar-refractivity contribution in [2.24, 2.45) is 10.3 Å². The van der Waals surface area contributed by atoms with Crippen LogP contribution in [-0.2, 0) is 11.0 Å². The number of thiol groups is 1. The number of ether oxygens (including phenoxy) is 1. The van der Waals surface area contributed by atoms with E-state index in [1.54, 1.807) is 12.1 Å². The molecule has 1 heterocycles. The number of amidine groups is 1. The Morgan fingerprint density at radius 1 is 1.06 bits per heavy atom. The van der Waals surface area contributed by atoms with Crippen LogP contribution in [0.15, 0.2) is 75.8 Å². The average molecular weight is 543 g/mol. The van der Waals surface area contributed by atoms with Gasteiger partial charge >= 0.3 is 0 Å². The summed E-state index contributed by atoms with van der Waals surface area (Å²) in [5.41, 5.74) is 2.44. The Hall–Kier alpha value is -2.54. The summed E-state index contributed by atoms with van der Waals surface area (Å²) in [5.74, 6) is 1.05. The maximum absolute atomic E-state index is 12.5. The van der Waals surface area contributed by atoms with E-state index in [0.717, 1.165) is 21.6 Å². The van der Waals surface area contributed by atoms with E-state index in [1.807, 2.05) is 62.4 Å². The van der Waals surface area contributed by atoms with Crippen LogP contribution in [0.5, 0.6) is 5.75 Å². The van der Waals surface area contributed by atoms with Gasteiger partial charge in [0.05, 0.1) is 17.5 Å². The number of hydrogen-bond donors (Lipinski definition) is 1. The Bertz CT molecular complexity index is 1300. The smallest absolute Gasteiger partial charge is 0.160 e. The zero-order valence-electron chi connectivity index (χ0n) is 20.9. The molecular weight excluding hydrogens is 513 g/mol. The van der Waals surface area contributed by atoms with E-state index in [0.29, 0.717) is 33.8 Å². The first-order chi connectivity index (χ1) is 17.0. The van der Waals surface area contributed by atoms with Gasteiger partial charge in [0.15, 0.2) is 5.84 Å². The van der Waals surface area contributed by atoms with Gasteiger partial charge in [-0.25, -0.2) is 5.01 Å². The monoisotopic (exact) mass is 541 g/mol. The normalized spacial score (nSPS) is 19.8. The molecule has 0 radical (unpaired) electrons. The molecule has 1 aliphatic rings. The minimum absolute atomic E-state index is 0.148. The quantitative estimate of drug-likeness (QED) is 0.251. The van der Waals surface area contributed by atoms with Crippen molar-refractivity contribution in [3.05, 3.63) is 97.9 Å². The van der Waals surface area contributed by atoms with Gasteiger partial charge in [0, 0.05) is 14.9 Å². The predicted octanol–water partition coefficient (Wildman–Crippen LogP) is 8.38. The molecule has 0 spiro atoms. The van der Waals surface area contributed by atoms with Crippen LogP contribution in [0, 0.1) is 4.91 Å². The molecule has 3 aromatic rings. The molecule has 3 aromatic carbocycles. The first-order valence-corrected chi connectivity index (χ1v) is 12.9. The van der Waals surface area contributed by atoms with Crippen LogP contribution in [0.2, 0.25) is 10.0 Å². The number of benzene rings is 3. The van der Waals surface area contributed by atoms with E-state index in [2.05, 4.69) is 26.1 Å². The van der Waals surface area contributed by atoms with Crippen LogP contribution in [0.3, 0.4) is 0 Å². The van der Waals surface area contributed by atoms with Crippen LogP contribution < -0.4 is 4.74 Å². The number of aliphatic imine (C=N–C) groups is 1. The predicted molar refractivity (Wildman–Crippen MR) is 151 cm³/mol. The fourth-order valence-electron chi connectivity index (χ4n) is 4.70. The zero-order chi connectivity index (χ0) is 26.3. The molecule has 1 aliphatic heterocycles. The van der Waals surface area contributed by atoms with Gasteiger partial charge in [-0.15, -0.1) is 17.5 Å². The van der Waals surface area contributed by atoms with Crippen LogP contribution in [0.1, 0.15) is 62.9 Å². The number of hydrogen-bond acceptors (Lipinski definition) is 5. The van der Waals surface area contributed by atoms with Crippen molar-refractivity contribution in [3.8, 4) is 5.75 Å². The highest BCUT2D eigenvalue weighted by atomic mass is 35.5. The molecule has 0 N–H and O–H groups in total. The fourth-order valence-corrected chi connectivity index (χ4v) is 5.48. The summed E-state index contributed by atoms with van der Waals surface area (Å²) in [5, 5.41) is 6.13. The van der Waals surface area contributed by atoms with Gasteiger partial charge < -0.3 is 4.74 Å². The molecule has 0 saturated carbocycles. The van der Waals surface area contributed by atoms with Crippen molar-refractivity contribution in [1.29, 1.82) is 0 Å². The summed E-state index contributed by atoms with van der Waals surface area (Å²) >= 11 is 17.2. The lowest BCUT2D eigenvalue weighted by atomic mass is 9.82. The van der Waals surface area contributed by atoms with Crippen molar-refractivity contribution in [2.75, 3.05) is 6.61 Å². The van der Waals surface area contributed by atoms with Gasteiger partial charge in [0.2, 0.25) is 0 Å². The van der Waals surface area contributed by atoms with Crippen molar-refractivity contribution < 1.29 is 4.74 Å². The van der Waals surface area contributed by atoms with Gasteiger partial charge in [0.1, 0.15) is 17.3 Å². The van der Waals surface area contributed by atoms with Gasteiger partial charge in [-0.1, -0.05) is 68.2 Å². The molecule has 0 bridgehead atoms. The number of nitrogens with zero attached hydrogens (tertiary/aromatic N) is 3. The summed E-state index contributed by atoms with van der Waals surface area (Å²) < 4.78 is 6.06. The molecule has 0 aromatic heterocycles. The topological polar surface area (TPSA) is 54.3 Å². The lowest BCUT2D eigenvalue weighted by Crippen LogP contribution is -2.34. The van der Waals surface area contributed by atoms with E-state index in [9.17, 15) is 4.91 Å². The Labute approximate surface area is 227 Å². The highest BCUT2D eigenvalue weighted by Crippen LogP contribution is 2.50. The number of rotatable bonds is 6. The number of halogens is 2. The van der Waals surface area contributed by atoms with Gasteiger partial charge in [0.25, 0.3) is 0 Å². The van der Waals surface area contributed by atoms with Crippen LogP contribution in [0.25, 0.3) is 0 Å². The second-order valence-corrected chi connectivity index (χ2v) is 11.4. The molecular formula is C28H29Cl2N3O2S. The molecule has 36 heavy (non-hydrogen) atoms. The van der Waals surface area contributed by atoms with E-state index in [4.69, 9.17) is 45.6 Å². The zero-order valence-corrected chi connectivity index (χ0v) is 23.3. The lowest BCUT2D eigenvalue weighted by molar-refractivity contribution is 0.251. The summed E-state index contributed by atoms with van der Waals surface area (Å²) in [4.78, 5) is 18.4. The average Bonchev–Trinajstić information content (AvgIpc) is 3.13. The van der Waals surface area contributed by atoms with Gasteiger partial charge in [-0.05, 0) is 72.4 Å². The summed E-state index contributed by atoms with van der Waals surface area (Å²) in [7, 11) is 0. The van der Waals surface area contributed by atoms with Gasteiger partial charge in [-0.2, -0.15) is 0 Å². The maximum atomic E-state index is 12.5. The van der Waals surface area contributed by atoms with E-state index in [1.165, 1.54) is 5.01 Å².